The Labute approximate surface area is 134 Å². The predicted molar refractivity (Wildman–Crippen MR) is 83.4 cm³/mol. The predicted octanol–water partition coefficient (Wildman–Crippen LogP) is 0.686. The van der Waals surface area contributed by atoms with E-state index in [2.05, 4.69) is 20.1 Å². The van der Waals surface area contributed by atoms with Crippen LogP contribution in [0.25, 0.3) is 0 Å². The molecule has 2 amide bonds. The lowest BCUT2D eigenvalue weighted by atomic mass is 10.0. The maximum absolute atomic E-state index is 12.7. The van der Waals surface area contributed by atoms with E-state index in [9.17, 15) is 9.59 Å². The van der Waals surface area contributed by atoms with Crippen molar-refractivity contribution in [1.29, 1.82) is 0 Å². The summed E-state index contributed by atoms with van der Waals surface area (Å²) in [6.45, 7) is 1.79. The zero-order chi connectivity index (χ0) is 16.2. The van der Waals surface area contributed by atoms with Crippen LogP contribution in [-0.4, -0.2) is 45.1 Å². The van der Waals surface area contributed by atoms with Crippen molar-refractivity contribution in [2.24, 2.45) is 5.92 Å². The average Bonchev–Trinajstić information content (AvgIpc) is 2.93. The van der Waals surface area contributed by atoms with Gasteiger partial charge in [0.1, 0.15) is 0 Å². The van der Waals surface area contributed by atoms with Gasteiger partial charge in [0.15, 0.2) is 0 Å². The van der Waals surface area contributed by atoms with Crippen molar-refractivity contribution in [2.45, 2.75) is 19.5 Å². The van der Waals surface area contributed by atoms with E-state index >= 15 is 0 Å². The molecule has 0 bridgehead atoms. The summed E-state index contributed by atoms with van der Waals surface area (Å²) in [5.41, 5.74) is 1.58. The number of amides is 2. The molecule has 1 aliphatic rings. The van der Waals surface area contributed by atoms with Crippen LogP contribution in [-0.2, 0) is 17.9 Å². The normalized spacial score (nSPS) is 17.3. The van der Waals surface area contributed by atoms with Gasteiger partial charge >= 0.3 is 0 Å². The Hall–Kier alpha value is -2.70. The first-order chi connectivity index (χ1) is 11.2. The second-order valence-corrected chi connectivity index (χ2v) is 5.71. The summed E-state index contributed by atoms with van der Waals surface area (Å²) in [6, 6.07) is 5.63. The highest BCUT2D eigenvalue weighted by Gasteiger charge is 2.26. The van der Waals surface area contributed by atoms with Gasteiger partial charge in [-0.05, 0) is 18.2 Å². The lowest BCUT2D eigenvalue weighted by molar-refractivity contribution is -0.121. The molecule has 2 aromatic rings. The van der Waals surface area contributed by atoms with E-state index in [1.54, 1.807) is 18.0 Å². The molecule has 7 nitrogen and oxygen atoms in total. The standard InChI is InChI=1S/C16H19N5O2/c1-17-15(22)7-12-9-20-6-2-3-14(20)11-21(10-12)16(23)13-4-5-18-19-8-13/h2-6,8,12H,7,9-11H2,1H3,(H,17,22)/t12-/m1/s1. The van der Waals surface area contributed by atoms with Crippen LogP contribution in [0.2, 0.25) is 0 Å². The molecule has 1 atom stereocenters. The zero-order valence-corrected chi connectivity index (χ0v) is 13.0. The van der Waals surface area contributed by atoms with Crippen molar-refractivity contribution in [2.75, 3.05) is 13.6 Å². The van der Waals surface area contributed by atoms with Crippen molar-refractivity contribution < 1.29 is 9.59 Å². The van der Waals surface area contributed by atoms with Gasteiger partial charge in [-0.1, -0.05) is 0 Å². The average molecular weight is 313 g/mol. The van der Waals surface area contributed by atoms with Gasteiger partial charge in [-0.25, -0.2) is 0 Å². The number of nitrogens with zero attached hydrogens (tertiary/aromatic N) is 4. The highest BCUT2D eigenvalue weighted by atomic mass is 16.2. The summed E-state index contributed by atoms with van der Waals surface area (Å²) in [5.74, 6) is -0.0256. The van der Waals surface area contributed by atoms with Crippen molar-refractivity contribution >= 4 is 11.8 Å². The molecule has 3 heterocycles. The van der Waals surface area contributed by atoms with Crippen molar-refractivity contribution in [3.63, 3.8) is 0 Å². The van der Waals surface area contributed by atoms with Crippen LogP contribution in [0.5, 0.6) is 0 Å². The third kappa shape index (κ3) is 3.39. The largest absolute Gasteiger partial charge is 0.359 e. The molecule has 0 aliphatic carbocycles. The number of hydrogen-bond acceptors (Lipinski definition) is 4. The molecule has 23 heavy (non-hydrogen) atoms. The Morgan fingerprint density at radius 3 is 2.91 bits per heavy atom. The SMILES string of the molecule is CNC(=O)C[C@H]1CN(C(=O)c2ccnnc2)Cc2cccn2C1. The van der Waals surface area contributed by atoms with E-state index in [1.807, 2.05) is 18.3 Å². The summed E-state index contributed by atoms with van der Waals surface area (Å²) in [4.78, 5) is 26.3. The highest BCUT2D eigenvalue weighted by molar-refractivity contribution is 5.93. The van der Waals surface area contributed by atoms with Crippen LogP contribution in [0.4, 0.5) is 0 Å². The Morgan fingerprint density at radius 1 is 1.30 bits per heavy atom. The molecule has 3 rings (SSSR count). The minimum Gasteiger partial charge on any atom is -0.359 e. The zero-order valence-electron chi connectivity index (χ0n) is 13.0. The molecule has 1 aliphatic heterocycles. The molecule has 120 valence electrons. The summed E-state index contributed by atoms with van der Waals surface area (Å²) in [6.07, 6.45) is 5.37. The fourth-order valence-electron chi connectivity index (χ4n) is 2.93. The van der Waals surface area contributed by atoms with Crippen LogP contribution in [0.15, 0.2) is 36.8 Å². The summed E-state index contributed by atoms with van der Waals surface area (Å²) in [7, 11) is 1.63. The van der Waals surface area contributed by atoms with Crippen LogP contribution in [0.1, 0.15) is 22.5 Å². The Kier molecular flexibility index (Phi) is 4.36. The van der Waals surface area contributed by atoms with Crippen LogP contribution in [0.3, 0.4) is 0 Å². The van der Waals surface area contributed by atoms with Crippen LogP contribution in [0, 0.1) is 5.92 Å². The first-order valence-corrected chi connectivity index (χ1v) is 7.58. The number of aromatic nitrogens is 3. The Bertz CT molecular complexity index is 698. The fourth-order valence-corrected chi connectivity index (χ4v) is 2.93. The number of rotatable bonds is 3. The number of carbonyl (C=O) groups is 2. The van der Waals surface area contributed by atoms with E-state index < -0.39 is 0 Å². The Morgan fingerprint density at radius 2 is 2.17 bits per heavy atom. The quantitative estimate of drug-likeness (QED) is 0.904. The molecule has 0 saturated carbocycles. The van der Waals surface area contributed by atoms with Crippen molar-refractivity contribution in [3.05, 3.63) is 48.0 Å². The van der Waals surface area contributed by atoms with E-state index in [-0.39, 0.29) is 17.7 Å². The minimum absolute atomic E-state index is 0.0106. The molecular formula is C16H19N5O2. The van der Waals surface area contributed by atoms with E-state index in [4.69, 9.17) is 0 Å². The molecule has 0 aromatic carbocycles. The second-order valence-electron chi connectivity index (χ2n) is 5.71. The smallest absolute Gasteiger partial charge is 0.255 e. The van der Waals surface area contributed by atoms with Gasteiger partial charge in [0, 0.05) is 44.4 Å². The highest BCUT2D eigenvalue weighted by Crippen LogP contribution is 2.21. The van der Waals surface area contributed by atoms with E-state index in [0.717, 1.165) is 12.2 Å². The van der Waals surface area contributed by atoms with Gasteiger partial charge in [-0.15, -0.1) is 0 Å². The van der Waals surface area contributed by atoms with Crippen LogP contribution < -0.4 is 5.32 Å². The van der Waals surface area contributed by atoms with Gasteiger partial charge in [-0.3, -0.25) is 9.59 Å². The van der Waals surface area contributed by atoms with Crippen molar-refractivity contribution in [3.8, 4) is 0 Å². The fraction of sp³-hybridized carbons (Fsp3) is 0.375. The monoisotopic (exact) mass is 313 g/mol. The topological polar surface area (TPSA) is 80.1 Å². The first kappa shape index (κ1) is 15.2. The lowest BCUT2D eigenvalue weighted by Crippen LogP contribution is -2.35. The number of fused-ring (bicyclic) bond motifs is 1. The van der Waals surface area contributed by atoms with Gasteiger partial charge in [0.25, 0.3) is 5.91 Å². The Balaban J connectivity index is 1.84. The number of nitrogens with one attached hydrogen (secondary N) is 1. The third-order valence-electron chi connectivity index (χ3n) is 4.08. The summed E-state index contributed by atoms with van der Waals surface area (Å²) in [5, 5.41) is 10.1. The number of carbonyl (C=O) groups excluding carboxylic acids is 2. The van der Waals surface area contributed by atoms with E-state index in [0.29, 0.717) is 25.1 Å². The second kappa shape index (κ2) is 6.60. The third-order valence-corrected chi connectivity index (χ3v) is 4.08. The summed E-state index contributed by atoms with van der Waals surface area (Å²) < 4.78 is 2.12. The van der Waals surface area contributed by atoms with Crippen molar-refractivity contribution in [1.82, 2.24) is 25.0 Å². The molecule has 1 N–H and O–H groups in total. The number of hydrogen-bond donors (Lipinski definition) is 1. The maximum Gasteiger partial charge on any atom is 0.255 e. The lowest BCUT2D eigenvalue weighted by Gasteiger charge is -2.23. The molecule has 0 spiro atoms. The summed E-state index contributed by atoms with van der Waals surface area (Å²) >= 11 is 0. The van der Waals surface area contributed by atoms with Gasteiger partial charge in [0.05, 0.1) is 24.5 Å². The van der Waals surface area contributed by atoms with Gasteiger partial charge in [-0.2, -0.15) is 10.2 Å². The molecule has 0 unspecified atom stereocenters. The van der Waals surface area contributed by atoms with Gasteiger partial charge < -0.3 is 14.8 Å². The molecular weight excluding hydrogens is 294 g/mol. The van der Waals surface area contributed by atoms with Crippen LogP contribution >= 0.6 is 0 Å². The van der Waals surface area contributed by atoms with E-state index in [1.165, 1.54) is 12.4 Å². The molecule has 2 aromatic heterocycles. The minimum atomic E-state index is -0.0866. The molecule has 0 saturated heterocycles. The maximum atomic E-state index is 12.7. The van der Waals surface area contributed by atoms with Gasteiger partial charge in [0.2, 0.25) is 5.91 Å². The molecule has 0 radical (unpaired) electrons. The first-order valence-electron chi connectivity index (χ1n) is 7.58. The molecule has 0 fully saturated rings. The molecule has 7 heteroatoms.